The predicted octanol–water partition coefficient (Wildman–Crippen LogP) is -0.416. The average molecular weight is 305 g/mol. The lowest BCUT2D eigenvalue weighted by Crippen LogP contribution is -2.45. The fourth-order valence-electron chi connectivity index (χ4n) is 2.88. The van der Waals surface area contributed by atoms with Gasteiger partial charge in [-0.05, 0) is 19.8 Å². The fraction of sp³-hybridized carbons (Fsp3) is 0.462. The molecule has 9 heteroatoms. The van der Waals surface area contributed by atoms with Gasteiger partial charge in [-0.15, -0.1) is 0 Å². The van der Waals surface area contributed by atoms with E-state index < -0.39 is 12.0 Å². The van der Waals surface area contributed by atoms with Gasteiger partial charge in [-0.2, -0.15) is 5.10 Å². The molecule has 3 heterocycles. The van der Waals surface area contributed by atoms with E-state index in [0.29, 0.717) is 23.9 Å². The Hall–Kier alpha value is -2.71. The highest BCUT2D eigenvalue weighted by Crippen LogP contribution is 2.24. The maximum Gasteiger partial charge on any atom is 0.326 e. The number of hydrogen-bond donors (Lipinski definition) is 2. The highest BCUT2D eigenvalue weighted by Gasteiger charge is 2.38. The summed E-state index contributed by atoms with van der Waals surface area (Å²) < 4.78 is 1.32. The molecule has 0 aromatic carbocycles. The van der Waals surface area contributed by atoms with Crippen LogP contribution in [0.15, 0.2) is 17.3 Å². The Morgan fingerprint density at radius 1 is 1.45 bits per heavy atom. The minimum Gasteiger partial charge on any atom is -0.480 e. The van der Waals surface area contributed by atoms with Crippen molar-refractivity contribution < 1.29 is 14.7 Å². The fourth-order valence-corrected chi connectivity index (χ4v) is 2.88. The number of nitrogens with zero attached hydrogens (tertiary/aromatic N) is 4. The van der Waals surface area contributed by atoms with Crippen molar-refractivity contribution in [2.45, 2.75) is 38.4 Å². The first-order chi connectivity index (χ1) is 10.5. The van der Waals surface area contributed by atoms with Gasteiger partial charge in [0.1, 0.15) is 18.0 Å². The van der Waals surface area contributed by atoms with Crippen LogP contribution in [0.3, 0.4) is 0 Å². The molecule has 0 bridgehead atoms. The predicted molar refractivity (Wildman–Crippen MR) is 75.1 cm³/mol. The first-order valence-electron chi connectivity index (χ1n) is 6.92. The van der Waals surface area contributed by atoms with Crippen LogP contribution >= 0.6 is 0 Å². The molecule has 0 aliphatic carbocycles. The van der Waals surface area contributed by atoms with E-state index in [0.717, 1.165) is 0 Å². The van der Waals surface area contributed by atoms with Crippen molar-refractivity contribution in [1.82, 2.24) is 24.6 Å². The minimum absolute atomic E-state index is 0.133. The lowest BCUT2D eigenvalue weighted by Gasteiger charge is -2.26. The van der Waals surface area contributed by atoms with Crippen molar-refractivity contribution in [3.05, 3.63) is 22.9 Å². The van der Waals surface area contributed by atoms with E-state index in [1.165, 1.54) is 22.1 Å². The first kappa shape index (κ1) is 14.2. The smallest absolute Gasteiger partial charge is 0.326 e. The van der Waals surface area contributed by atoms with Gasteiger partial charge in [-0.3, -0.25) is 9.59 Å². The Morgan fingerprint density at radius 2 is 2.23 bits per heavy atom. The third-order valence-corrected chi connectivity index (χ3v) is 3.97. The van der Waals surface area contributed by atoms with Crippen LogP contribution in [0.2, 0.25) is 0 Å². The number of amides is 1. The van der Waals surface area contributed by atoms with Crippen LogP contribution in [0.1, 0.15) is 19.8 Å². The summed E-state index contributed by atoms with van der Waals surface area (Å²) in [6.45, 7) is 1.68. The third kappa shape index (κ3) is 2.24. The van der Waals surface area contributed by atoms with Gasteiger partial charge in [0.05, 0.1) is 12.5 Å². The van der Waals surface area contributed by atoms with Crippen molar-refractivity contribution in [3.8, 4) is 0 Å². The van der Waals surface area contributed by atoms with Gasteiger partial charge in [0.15, 0.2) is 5.65 Å². The summed E-state index contributed by atoms with van der Waals surface area (Å²) in [6, 6.07) is -0.938. The van der Waals surface area contributed by atoms with E-state index in [-0.39, 0.29) is 24.1 Å². The van der Waals surface area contributed by atoms with Crippen molar-refractivity contribution in [2.24, 2.45) is 0 Å². The molecule has 1 saturated heterocycles. The molecule has 1 fully saturated rings. The Balaban J connectivity index is 1.88. The maximum atomic E-state index is 12.5. The number of fused-ring (bicyclic) bond motifs is 1. The molecule has 2 aromatic rings. The molecule has 22 heavy (non-hydrogen) atoms. The number of carbonyl (C=O) groups excluding carboxylic acids is 1. The number of aliphatic carboxylic acids is 1. The van der Waals surface area contributed by atoms with Crippen LogP contribution in [0.5, 0.6) is 0 Å². The third-order valence-electron chi connectivity index (χ3n) is 3.97. The average Bonchev–Trinajstić information content (AvgIpc) is 3.04. The number of carbonyl (C=O) groups is 2. The van der Waals surface area contributed by atoms with Gasteiger partial charge < -0.3 is 15.0 Å². The summed E-state index contributed by atoms with van der Waals surface area (Å²) in [5.74, 6) is -1.35. The van der Waals surface area contributed by atoms with E-state index in [2.05, 4.69) is 15.1 Å². The molecular weight excluding hydrogens is 290 g/mol. The molecule has 1 aliphatic heterocycles. The van der Waals surface area contributed by atoms with Gasteiger partial charge in [-0.25, -0.2) is 14.5 Å². The standard InChI is InChI=1S/C13H15N5O4/c1-7-2-3-9(13(21)22)18(7)10(19)5-17-11-8(4-16-17)12(20)15-6-14-11/h4,6-7,9H,2-3,5H2,1H3,(H,21,22)(H,14,15,20)/t7-,9-/m1/s1. The van der Waals surface area contributed by atoms with Gasteiger partial charge in [0.25, 0.3) is 5.56 Å². The minimum atomic E-state index is -1.00. The first-order valence-corrected chi connectivity index (χ1v) is 6.92. The second-order valence-corrected chi connectivity index (χ2v) is 5.35. The van der Waals surface area contributed by atoms with Crippen LogP contribution in [0, 0.1) is 0 Å². The van der Waals surface area contributed by atoms with E-state index in [9.17, 15) is 19.5 Å². The van der Waals surface area contributed by atoms with E-state index in [1.54, 1.807) is 0 Å². The number of aromatic nitrogens is 4. The molecule has 116 valence electrons. The molecule has 1 amide bonds. The topological polar surface area (TPSA) is 121 Å². The summed E-state index contributed by atoms with van der Waals surface area (Å²) in [7, 11) is 0. The monoisotopic (exact) mass is 305 g/mol. The molecule has 0 unspecified atom stereocenters. The molecule has 9 nitrogen and oxygen atoms in total. The Bertz CT molecular complexity index is 795. The number of carboxylic acids is 1. The SMILES string of the molecule is C[C@@H]1CC[C@H](C(=O)O)N1C(=O)Cn1ncc2c(=O)[nH]cnc21. The second kappa shape index (κ2) is 5.24. The van der Waals surface area contributed by atoms with Gasteiger partial charge in [0, 0.05) is 6.04 Å². The number of rotatable bonds is 3. The van der Waals surface area contributed by atoms with E-state index in [4.69, 9.17) is 0 Å². The van der Waals surface area contributed by atoms with Crippen LogP contribution < -0.4 is 5.56 Å². The Kier molecular flexibility index (Phi) is 3.39. The lowest BCUT2D eigenvalue weighted by atomic mass is 10.2. The molecule has 1 aliphatic rings. The molecule has 2 atom stereocenters. The Morgan fingerprint density at radius 3 is 2.95 bits per heavy atom. The lowest BCUT2D eigenvalue weighted by molar-refractivity contribution is -0.149. The summed E-state index contributed by atoms with van der Waals surface area (Å²) in [5, 5.41) is 13.5. The van der Waals surface area contributed by atoms with Crippen LogP contribution in [-0.2, 0) is 16.1 Å². The van der Waals surface area contributed by atoms with E-state index >= 15 is 0 Å². The highest BCUT2D eigenvalue weighted by atomic mass is 16.4. The van der Waals surface area contributed by atoms with Crippen molar-refractivity contribution in [2.75, 3.05) is 0 Å². The molecule has 2 aromatic heterocycles. The van der Waals surface area contributed by atoms with Gasteiger partial charge in [-0.1, -0.05) is 0 Å². The summed E-state index contributed by atoms with van der Waals surface area (Å²) >= 11 is 0. The second-order valence-electron chi connectivity index (χ2n) is 5.35. The Labute approximate surface area is 124 Å². The number of nitrogens with one attached hydrogen (secondary N) is 1. The zero-order valence-electron chi connectivity index (χ0n) is 11.9. The molecule has 0 radical (unpaired) electrons. The molecule has 3 rings (SSSR count). The van der Waals surface area contributed by atoms with Crippen molar-refractivity contribution >= 4 is 22.9 Å². The molecule has 0 spiro atoms. The van der Waals surface area contributed by atoms with Crippen LogP contribution in [0.4, 0.5) is 0 Å². The maximum absolute atomic E-state index is 12.5. The highest BCUT2D eigenvalue weighted by molar-refractivity contribution is 5.85. The summed E-state index contributed by atoms with van der Waals surface area (Å²) in [5.41, 5.74) is -0.0301. The zero-order chi connectivity index (χ0) is 15.9. The largest absolute Gasteiger partial charge is 0.480 e. The number of likely N-dealkylation sites (tertiary alicyclic amines) is 1. The zero-order valence-corrected chi connectivity index (χ0v) is 11.9. The number of aromatic amines is 1. The summed E-state index contributed by atoms with van der Waals surface area (Å²) in [4.78, 5) is 43.1. The summed E-state index contributed by atoms with van der Waals surface area (Å²) in [6.07, 6.45) is 3.68. The van der Waals surface area contributed by atoms with Crippen LogP contribution in [0.25, 0.3) is 11.0 Å². The number of carboxylic acid groups (broad SMARTS) is 1. The van der Waals surface area contributed by atoms with E-state index in [1.807, 2.05) is 6.92 Å². The van der Waals surface area contributed by atoms with Crippen molar-refractivity contribution in [1.29, 1.82) is 0 Å². The molecular formula is C13H15N5O4. The van der Waals surface area contributed by atoms with Gasteiger partial charge >= 0.3 is 5.97 Å². The normalized spacial score (nSPS) is 21.4. The number of H-pyrrole nitrogens is 1. The molecule has 2 N–H and O–H groups in total. The van der Waals surface area contributed by atoms with Crippen molar-refractivity contribution in [3.63, 3.8) is 0 Å². The quantitative estimate of drug-likeness (QED) is 0.794. The van der Waals surface area contributed by atoms with Gasteiger partial charge in [0.2, 0.25) is 5.91 Å². The number of hydrogen-bond acceptors (Lipinski definition) is 5. The van der Waals surface area contributed by atoms with Crippen LogP contribution in [-0.4, -0.2) is 53.7 Å². The molecule has 0 saturated carbocycles.